The van der Waals surface area contributed by atoms with Crippen LogP contribution in [0.2, 0.25) is 5.02 Å². The fraction of sp³-hybridized carbons (Fsp3) is 0.476. The third-order valence-electron chi connectivity index (χ3n) is 6.45. The highest BCUT2D eigenvalue weighted by molar-refractivity contribution is 7.99. The van der Waals surface area contributed by atoms with Crippen LogP contribution in [0.5, 0.6) is 0 Å². The van der Waals surface area contributed by atoms with E-state index in [1.54, 1.807) is 6.07 Å². The Hall–Kier alpha value is -1.99. The van der Waals surface area contributed by atoms with E-state index in [1.807, 2.05) is 36.0 Å². The lowest BCUT2D eigenvalue weighted by Gasteiger charge is -2.29. The summed E-state index contributed by atoms with van der Waals surface area (Å²) in [5, 5.41) is 3.36. The molecule has 29 heavy (non-hydrogen) atoms. The molecule has 3 fully saturated rings. The van der Waals surface area contributed by atoms with E-state index in [1.165, 1.54) is 0 Å². The molecule has 2 aliphatic heterocycles. The minimum absolute atomic E-state index is 0.147. The molecule has 1 aromatic carbocycles. The highest BCUT2D eigenvalue weighted by Crippen LogP contribution is 2.52. The zero-order chi connectivity index (χ0) is 20.1. The number of fused-ring (bicyclic) bond motifs is 5. The number of hydrogen-bond donors (Lipinski definition) is 1. The predicted molar refractivity (Wildman–Crippen MR) is 114 cm³/mol. The van der Waals surface area contributed by atoms with Crippen molar-refractivity contribution in [1.82, 2.24) is 4.90 Å². The number of imide groups is 1. The van der Waals surface area contributed by atoms with Crippen LogP contribution in [0.3, 0.4) is 0 Å². The molecule has 0 spiro atoms. The van der Waals surface area contributed by atoms with Crippen LogP contribution in [0.1, 0.15) is 6.42 Å². The van der Waals surface area contributed by atoms with E-state index in [0.717, 1.165) is 41.6 Å². The fourth-order valence-corrected chi connectivity index (χ4v) is 6.31. The van der Waals surface area contributed by atoms with Gasteiger partial charge in [-0.15, -0.1) is 0 Å². The number of carbonyl (C=O) groups is 3. The number of thioether (sulfide) groups is 1. The van der Waals surface area contributed by atoms with Crippen LogP contribution in [0.4, 0.5) is 11.4 Å². The molecule has 152 valence electrons. The van der Waals surface area contributed by atoms with Gasteiger partial charge in [0.2, 0.25) is 17.7 Å². The number of likely N-dealkylation sites (tertiary alicyclic amines) is 1. The molecular formula is C21H22ClN3O3S. The van der Waals surface area contributed by atoms with Crippen molar-refractivity contribution >= 4 is 52.5 Å². The van der Waals surface area contributed by atoms with Gasteiger partial charge in [0.15, 0.2) is 0 Å². The standard InChI is InChI=1S/C21H22ClN3O3S/c22-15-10-14(3-4-16(15)24-5-7-29-8-6-24)23-17(26)11-25-20(27)18-12-1-2-13(9-12)19(18)21(25)28/h1-4,10,12-13,18-19H,5-9,11H2,(H,23,26). The summed E-state index contributed by atoms with van der Waals surface area (Å²) in [5.74, 6) is 1.10. The third-order valence-corrected chi connectivity index (χ3v) is 7.69. The molecule has 3 amide bonds. The number of anilines is 2. The molecule has 0 radical (unpaired) electrons. The first-order valence-corrected chi connectivity index (χ1v) is 11.5. The fourth-order valence-electron chi connectivity index (χ4n) is 5.11. The van der Waals surface area contributed by atoms with Crippen molar-refractivity contribution in [1.29, 1.82) is 0 Å². The molecule has 0 aromatic heterocycles. The summed E-state index contributed by atoms with van der Waals surface area (Å²) in [7, 11) is 0. The molecule has 2 saturated heterocycles. The Labute approximate surface area is 178 Å². The van der Waals surface area contributed by atoms with Gasteiger partial charge < -0.3 is 10.2 Å². The number of nitrogens with zero attached hydrogens (tertiary/aromatic N) is 2. The first-order chi connectivity index (χ1) is 14.0. The van der Waals surface area contributed by atoms with E-state index in [-0.39, 0.29) is 47.9 Å². The van der Waals surface area contributed by atoms with Gasteiger partial charge in [-0.2, -0.15) is 11.8 Å². The quantitative estimate of drug-likeness (QED) is 0.586. The molecule has 4 unspecified atom stereocenters. The Bertz CT molecular complexity index is 884. The van der Waals surface area contributed by atoms with Gasteiger partial charge >= 0.3 is 0 Å². The van der Waals surface area contributed by atoms with Crippen molar-refractivity contribution in [3.05, 3.63) is 35.4 Å². The largest absolute Gasteiger partial charge is 0.369 e. The summed E-state index contributed by atoms with van der Waals surface area (Å²) >= 11 is 8.37. The molecule has 2 heterocycles. The highest BCUT2D eigenvalue weighted by atomic mass is 35.5. The maximum Gasteiger partial charge on any atom is 0.244 e. The van der Waals surface area contributed by atoms with Gasteiger partial charge in [-0.25, -0.2) is 0 Å². The molecule has 6 nitrogen and oxygen atoms in total. The number of amides is 3. The van der Waals surface area contributed by atoms with Crippen molar-refractivity contribution < 1.29 is 14.4 Å². The Morgan fingerprint density at radius 2 is 1.76 bits per heavy atom. The second kappa shape index (κ2) is 7.36. The average Bonchev–Trinajstić information content (AvgIpc) is 3.39. The van der Waals surface area contributed by atoms with E-state index >= 15 is 0 Å². The molecule has 1 saturated carbocycles. The van der Waals surface area contributed by atoms with Gasteiger partial charge in [0.1, 0.15) is 6.54 Å². The van der Waals surface area contributed by atoms with Crippen LogP contribution in [0.15, 0.2) is 30.4 Å². The number of allylic oxidation sites excluding steroid dienone is 2. The molecule has 4 aliphatic rings. The normalized spacial score (nSPS) is 30.2. The van der Waals surface area contributed by atoms with Gasteiger partial charge in [0, 0.05) is 30.3 Å². The Kier molecular flexibility index (Phi) is 4.82. The summed E-state index contributed by atoms with van der Waals surface area (Å²) < 4.78 is 0. The van der Waals surface area contributed by atoms with Crippen LogP contribution in [0.25, 0.3) is 0 Å². The van der Waals surface area contributed by atoms with Crippen LogP contribution in [-0.4, -0.2) is 53.8 Å². The molecule has 2 bridgehead atoms. The average molecular weight is 432 g/mol. The smallest absolute Gasteiger partial charge is 0.244 e. The summed E-state index contributed by atoms with van der Waals surface area (Å²) in [6.45, 7) is 1.66. The molecular weight excluding hydrogens is 410 g/mol. The molecule has 1 aromatic rings. The van der Waals surface area contributed by atoms with Gasteiger partial charge in [-0.3, -0.25) is 19.3 Å². The molecule has 1 N–H and O–H groups in total. The summed E-state index contributed by atoms with van der Waals surface area (Å²) in [6, 6.07) is 5.45. The zero-order valence-electron chi connectivity index (χ0n) is 15.8. The van der Waals surface area contributed by atoms with Crippen molar-refractivity contribution in [2.45, 2.75) is 6.42 Å². The lowest BCUT2D eigenvalue weighted by molar-refractivity contribution is -0.143. The van der Waals surface area contributed by atoms with E-state index in [2.05, 4.69) is 10.2 Å². The number of carbonyl (C=O) groups excluding carboxylic acids is 3. The SMILES string of the molecule is O=C(CN1C(=O)C2C3C=CC(C3)C2C1=O)Nc1ccc(N2CCSCC2)c(Cl)c1. The Morgan fingerprint density at radius 3 is 2.38 bits per heavy atom. The second-order valence-electron chi connectivity index (χ2n) is 8.08. The van der Waals surface area contributed by atoms with Crippen molar-refractivity contribution in [3.63, 3.8) is 0 Å². The number of nitrogens with one attached hydrogen (secondary N) is 1. The maximum atomic E-state index is 12.7. The first kappa shape index (κ1) is 19.0. The van der Waals surface area contributed by atoms with Gasteiger partial charge in [-0.1, -0.05) is 23.8 Å². The monoisotopic (exact) mass is 431 g/mol. The first-order valence-electron chi connectivity index (χ1n) is 9.98. The number of rotatable bonds is 4. The van der Waals surface area contributed by atoms with Crippen LogP contribution < -0.4 is 10.2 Å². The number of hydrogen-bond acceptors (Lipinski definition) is 5. The Morgan fingerprint density at radius 1 is 1.10 bits per heavy atom. The van der Waals surface area contributed by atoms with Gasteiger partial charge in [0.05, 0.1) is 22.5 Å². The lowest BCUT2D eigenvalue weighted by atomic mass is 9.85. The highest BCUT2D eigenvalue weighted by Gasteiger charge is 2.59. The molecule has 4 atom stereocenters. The minimum atomic E-state index is -0.384. The van der Waals surface area contributed by atoms with Gasteiger partial charge in [0.25, 0.3) is 0 Å². The summed E-state index contributed by atoms with van der Waals surface area (Å²) in [6.07, 6.45) is 4.98. The molecule has 2 aliphatic carbocycles. The predicted octanol–water partition coefficient (Wildman–Crippen LogP) is 2.64. The summed E-state index contributed by atoms with van der Waals surface area (Å²) in [5.41, 5.74) is 1.53. The zero-order valence-corrected chi connectivity index (χ0v) is 17.4. The Balaban J connectivity index is 1.24. The topological polar surface area (TPSA) is 69.7 Å². The molecule has 5 rings (SSSR count). The maximum absolute atomic E-state index is 12.7. The number of benzene rings is 1. The molecule has 8 heteroatoms. The van der Waals surface area contributed by atoms with Crippen LogP contribution >= 0.6 is 23.4 Å². The van der Waals surface area contributed by atoms with E-state index in [4.69, 9.17) is 11.6 Å². The number of halogens is 1. The van der Waals surface area contributed by atoms with Gasteiger partial charge in [-0.05, 0) is 36.5 Å². The van der Waals surface area contributed by atoms with Crippen molar-refractivity contribution in [2.75, 3.05) is 41.4 Å². The third kappa shape index (κ3) is 3.24. The summed E-state index contributed by atoms with van der Waals surface area (Å²) in [4.78, 5) is 41.3. The van der Waals surface area contributed by atoms with E-state index in [0.29, 0.717) is 10.7 Å². The van der Waals surface area contributed by atoms with Crippen molar-refractivity contribution in [3.8, 4) is 0 Å². The van der Waals surface area contributed by atoms with E-state index < -0.39 is 0 Å². The van der Waals surface area contributed by atoms with Crippen LogP contribution in [0, 0.1) is 23.7 Å². The second-order valence-corrected chi connectivity index (χ2v) is 9.71. The van der Waals surface area contributed by atoms with E-state index in [9.17, 15) is 14.4 Å². The van der Waals surface area contributed by atoms with Crippen molar-refractivity contribution in [2.24, 2.45) is 23.7 Å². The minimum Gasteiger partial charge on any atom is -0.369 e. The van der Waals surface area contributed by atoms with Crippen LogP contribution in [-0.2, 0) is 14.4 Å². The lowest BCUT2D eigenvalue weighted by Crippen LogP contribution is -2.39.